The smallest absolute Gasteiger partial charge is 0.224 e. The number of carbonyl (C=O) groups is 1. The number of imidazole rings is 1. The highest BCUT2D eigenvalue weighted by molar-refractivity contribution is 5.78. The Bertz CT molecular complexity index is 635. The highest BCUT2D eigenvalue weighted by atomic mass is 16.3. The Kier molecular flexibility index (Phi) is 5.69. The predicted octanol–water partition coefficient (Wildman–Crippen LogP) is 2.41. The Morgan fingerprint density at radius 1 is 1.50 bits per heavy atom. The summed E-state index contributed by atoms with van der Waals surface area (Å²) in [6, 6.07) is 3.89. The standard InChI is InChI=1S/C18H26N4O2/c1-2-8-22-10-7-19-17(22)12-20-18(23)15-5-3-9-21(13-15)14-16-6-4-11-24-16/h4,6-7,10-11,15H,2-3,5,8-9,12-14H2,1H3,(H,20,23)/t15-/m1/s1. The van der Waals surface area contributed by atoms with Crippen LogP contribution in [-0.2, 0) is 24.4 Å². The molecule has 130 valence electrons. The molecule has 24 heavy (non-hydrogen) atoms. The summed E-state index contributed by atoms with van der Waals surface area (Å²) in [5.41, 5.74) is 0. The van der Waals surface area contributed by atoms with Crippen molar-refractivity contribution >= 4 is 5.91 Å². The van der Waals surface area contributed by atoms with Crippen molar-refractivity contribution in [2.75, 3.05) is 13.1 Å². The van der Waals surface area contributed by atoms with Crippen molar-refractivity contribution in [3.05, 3.63) is 42.4 Å². The van der Waals surface area contributed by atoms with Gasteiger partial charge >= 0.3 is 0 Å². The van der Waals surface area contributed by atoms with Crippen LogP contribution in [0.4, 0.5) is 0 Å². The highest BCUT2D eigenvalue weighted by Gasteiger charge is 2.26. The molecule has 2 aromatic heterocycles. The van der Waals surface area contributed by atoms with Crippen LogP contribution in [0, 0.1) is 5.92 Å². The van der Waals surface area contributed by atoms with Gasteiger partial charge in [-0.15, -0.1) is 0 Å². The van der Waals surface area contributed by atoms with Crippen LogP contribution >= 0.6 is 0 Å². The molecule has 2 aromatic rings. The van der Waals surface area contributed by atoms with Crippen LogP contribution in [0.15, 0.2) is 35.2 Å². The number of hydrogen-bond donors (Lipinski definition) is 1. The van der Waals surface area contributed by atoms with E-state index in [4.69, 9.17) is 4.42 Å². The van der Waals surface area contributed by atoms with E-state index in [1.54, 1.807) is 12.5 Å². The van der Waals surface area contributed by atoms with Crippen LogP contribution in [0.2, 0.25) is 0 Å². The van der Waals surface area contributed by atoms with E-state index >= 15 is 0 Å². The summed E-state index contributed by atoms with van der Waals surface area (Å²) in [5, 5.41) is 3.06. The molecule has 3 rings (SSSR count). The first-order valence-electron chi connectivity index (χ1n) is 8.78. The second-order valence-electron chi connectivity index (χ2n) is 6.41. The fourth-order valence-corrected chi connectivity index (χ4v) is 3.30. The number of aromatic nitrogens is 2. The minimum Gasteiger partial charge on any atom is -0.468 e. The maximum Gasteiger partial charge on any atom is 0.224 e. The molecule has 1 fully saturated rings. The van der Waals surface area contributed by atoms with Crippen molar-refractivity contribution < 1.29 is 9.21 Å². The quantitative estimate of drug-likeness (QED) is 0.847. The van der Waals surface area contributed by atoms with E-state index in [1.807, 2.05) is 18.3 Å². The zero-order valence-corrected chi connectivity index (χ0v) is 14.3. The number of nitrogens with zero attached hydrogens (tertiary/aromatic N) is 3. The van der Waals surface area contributed by atoms with Gasteiger partial charge in [0.05, 0.1) is 25.3 Å². The molecular weight excluding hydrogens is 304 g/mol. The monoisotopic (exact) mass is 330 g/mol. The SMILES string of the molecule is CCCn1ccnc1CNC(=O)[C@@H]1CCCN(Cc2ccco2)C1. The summed E-state index contributed by atoms with van der Waals surface area (Å²) in [6.07, 6.45) is 8.51. The molecule has 6 heteroatoms. The van der Waals surface area contributed by atoms with Gasteiger partial charge in [-0.1, -0.05) is 6.92 Å². The molecule has 0 bridgehead atoms. The molecule has 3 heterocycles. The van der Waals surface area contributed by atoms with Gasteiger partial charge in [-0.25, -0.2) is 4.98 Å². The van der Waals surface area contributed by atoms with Gasteiger partial charge in [0.25, 0.3) is 0 Å². The van der Waals surface area contributed by atoms with Gasteiger partial charge in [-0.2, -0.15) is 0 Å². The number of nitrogens with one attached hydrogen (secondary N) is 1. The molecule has 1 amide bonds. The first-order valence-corrected chi connectivity index (χ1v) is 8.78. The van der Waals surface area contributed by atoms with Gasteiger partial charge in [-0.3, -0.25) is 9.69 Å². The van der Waals surface area contributed by atoms with Gasteiger partial charge in [-0.05, 0) is 37.9 Å². The highest BCUT2D eigenvalue weighted by Crippen LogP contribution is 2.19. The molecule has 6 nitrogen and oxygen atoms in total. The summed E-state index contributed by atoms with van der Waals surface area (Å²) in [5.74, 6) is 2.06. The molecule has 0 saturated carbocycles. The van der Waals surface area contributed by atoms with Crippen molar-refractivity contribution in [3.8, 4) is 0 Å². The average Bonchev–Trinajstić information content (AvgIpc) is 3.25. The fraction of sp³-hybridized carbons (Fsp3) is 0.556. The van der Waals surface area contributed by atoms with Crippen molar-refractivity contribution in [2.24, 2.45) is 5.92 Å². The van der Waals surface area contributed by atoms with E-state index in [1.165, 1.54) is 0 Å². The Morgan fingerprint density at radius 3 is 3.21 bits per heavy atom. The molecule has 1 saturated heterocycles. The summed E-state index contributed by atoms with van der Waals surface area (Å²) < 4.78 is 7.51. The van der Waals surface area contributed by atoms with Crippen LogP contribution in [0.1, 0.15) is 37.8 Å². The Labute approximate surface area is 142 Å². The number of aryl methyl sites for hydroxylation is 1. The first-order chi connectivity index (χ1) is 11.8. The minimum absolute atomic E-state index is 0.0447. The normalized spacial score (nSPS) is 18.6. The van der Waals surface area contributed by atoms with E-state index in [-0.39, 0.29) is 11.8 Å². The third-order valence-corrected chi connectivity index (χ3v) is 4.52. The number of carbonyl (C=O) groups excluding carboxylic acids is 1. The van der Waals surface area contributed by atoms with Crippen molar-refractivity contribution in [1.82, 2.24) is 19.8 Å². The van der Waals surface area contributed by atoms with Crippen LogP contribution in [0.3, 0.4) is 0 Å². The van der Waals surface area contributed by atoms with E-state index in [9.17, 15) is 4.79 Å². The lowest BCUT2D eigenvalue weighted by atomic mass is 9.97. The van der Waals surface area contributed by atoms with Crippen molar-refractivity contribution in [3.63, 3.8) is 0 Å². The summed E-state index contributed by atoms with van der Waals surface area (Å²) >= 11 is 0. The van der Waals surface area contributed by atoms with Gasteiger partial charge < -0.3 is 14.3 Å². The Morgan fingerprint density at radius 2 is 2.42 bits per heavy atom. The lowest BCUT2D eigenvalue weighted by Gasteiger charge is -2.31. The third-order valence-electron chi connectivity index (χ3n) is 4.52. The van der Waals surface area contributed by atoms with Crippen LogP contribution in [-0.4, -0.2) is 33.4 Å². The number of furan rings is 1. The van der Waals surface area contributed by atoms with E-state index < -0.39 is 0 Å². The topological polar surface area (TPSA) is 63.3 Å². The van der Waals surface area contributed by atoms with E-state index in [2.05, 4.69) is 26.7 Å². The zero-order valence-electron chi connectivity index (χ0n) is 14.3. The van der Waals surface area contributed by atoms with Gasteiger partial charge in [0, 0.05) is 25.5 Å². The molecule has 1 aliphatic heterocycles. The van der Waals surface area contributed by atoms with E-state index in [0.717, 1.165) is 57.0 Å². The number of piperidine rings is 1. The minimum atomic E-state index is 0.0447. The molecule has 0 spiro atoms. The number of hydrogen-bond acceptors (Lipinski definition) is 4. The number of likely N-dealkylation sites (tertiary alicyclic amines) is 1. The largest absolute Gasteiger partial charge is 0.468 e. The molecule has 0 aromatic carbocycles. The molecule has 0 aliphatic carbocycles. The van der Waals surface area contributed by atoms with Crippen LogP contribution < -0.4 is 5.32 Å². The maximum atomic E-state index is 12.5. The molecule has 1 atom stereocenters. The fourth-order valence-electron chi connectivity index (χ4n) is 3.30. The van der Waals surface area contributed by atoms with Crippen LogP contribution in [0.5, 0.6) is 0 Å². The second kappa shape index (κ2) is 8.15. The summed E-state index contributed by atoms with van der Waals surface area (Å²) in [6.45, 7) is 6.16. The Hall–Kier alpha value is -2.08. The lowest BCUT2D eigenvalue weighted by molar-refractivity contribution is -0.127. The van der Waals surface area contributed by atoms with Crippen molar-refractivity contribution in [2.45, 2.75) is 45.8 Å². The second-order valence-corrected chi connectivity index (χ2v) is 6.41. The average molecular weight is 330 g/mol. The molecule has 0 radical (unpaired) electrons. The zero-order chi connectivity index (χ0) is 16.8. The van der Waals surface area contributed by atoms with Gasteiger partial charge in [0.1, 0.15) is 11.6 Å². The van der Waals surface area contributed by atoms with Crippen molar-refractivity contribution in [1.29, 1.82) is 0 Å². The van der Waals surface area contributed by atoms with Gasteiger partial charge in [0.2, 0.25) is 5.91 Å². The molecule has 1 N–H and O–H groups in total. The summed E-state index contributed by atoms with van der Waals surface area (Å²) in [4.78, 5) is 19.2. The third kappa shape index (κ3) is 4.26. The molecular formula is C18H26N4O2. The maximum absolute atomic E-state index is 12.5. The summed E-state index contributed by atoms with van der Waals surface area (Å²) in [7, 11) is 0. The van der Waals surface area contributed by atoms with E-state index in [0.29, 0.717) is 6.54 Å². The first kappa shape index (κ1) is 16.8. The molecule has 1 aliphatic rings. The lowest BCUT2D eigenvalue weighted by Crippen LogP contribution is -2.42. The number of rotatable bonds is 7. The Balaban J connectivity index is 1.50. The predicted molar refractivity (Wildman–Crippen MR) is 91.1 cm³/mol. The molecule has 0 unspecified atom stereocenters. The van der Waals surface area contributed by atoms with Gasteiger partial charge in [0.15, 0.2) is 0 Å². The van der Waals surface area contributed by atoms with Crippen LogP contribution in [0.25, 0.3) is 0 Å². The number of amides is 1.